The predicted molar refractivity (Wildman–Crippen MR) is 107 cm³/mol. The van der Waals surface area contributed by atoms with Gasteiger partial charge in [0.15, 0.2) is 12.2 Å². The van der Waals surface area contributed by atoms with E-state index in [9.17, 15) is 10.2 Å². The molecule has 4 rings (SSSR count). The summed E-state index contributed by atoms with van der Waals surface area (Å²) in [6.07, 6.45) is 4.57. The zero-order chi connectivity index (χ0) is 18.6. The number of aromatic nitrogens is 1. The average molecular weight is 385 g/mol. The molecular formula is C20H23N3O3S. The van der Waals surface area contributed by atoms with Crippen molar-refractivity contribution in [2.45, 2.75) is 32.1 Å². The lowest BCUT2D eigenvalue weighted by Crippen LogP contribution is -2.35. The number of nitrogens with zero attached hydrogens (tertiary/aromatic N) is 2. The van der Waals surface area contributed by atoms with Gasteiger partial charge in [0.05, 0.1) is 23.9 Å². The normalized spacial score (nSPS) is 15.3. The summed E-state index contributed by atoms with van der Waals surface area (Å²) in [4.78, 5) is 7.53. The Bertz CT molecular complexity index is 870. The summed E-state index contributed by atoms with van der Waals surface area (Å²) in [6, 6.07) is 10.2. The quantitative estimate of drug-likeness (QED) is 0.603. The smallest absolute Gasteiger partial charge is 0.181 e. The van der Waals surface area contributed by atoms with Crippen LogP contribution in [-0.4, -0.2) is 34.4 Å². The van der Waals surface area contributed by atoms with E-state index in [0.717, 1.165) is 49.3 Å². The van der Waals surface area contributed by atoms with Crippen LogP contribution in [0.1, 0.15) is 23.3 Å². The molecule has 0 bridgehead atoms. The molecule has 3 heterocycles. The molecule has 0 aliphatic carbocycles. The SMILES string of the molecule is OCc1cc(NCc2ccc(N3CCC(O)CC3)s2)ccc1-c1cnco1. The van der Waals surface area contributed by atoms with Gasteiger partial charge in [0, 0.05) is 35.8 Å². The summed E-state index contributed by atoms with van der Waals surface area (Å²) in [7, 11) is 0. The second-order valence-electron chi connectivity index (χ2n) is 6.71. The van der Waals surface area contributed by atoms with E-state index in [0.29, 0.717) is 5.76 Å². The van der Waals surface area contributed by atoms with Gasteiger partial charge in [0.25, 0.3) is 0 Å². The molecule has 1 aliphatic heterocycles. The van der Waals surface area contributed by atoms with Gasteiger partial charge in [-0.3, -0.25) is 0 Å². The van der Waals surface area contributed by atoms with Crippen molar-refractivity contribution in [3.63, 3.8) is 0 Å². The molecule has 6 nitrogen and oxygen atoms in total. The number of hydrogen-bond donors (Lipinski definition) is 3. The number of benzene rings is 1. The number of oxazole rings is 1. The number of hydrogen-bond acceptors (Lipinski definition) is 7. The molecule has 1 saturated heterocycles. The highest BCUT2D eigenvalue weighted by Crippen LogP contribution is 2.30. The van der Waals surface area contributed by atoms with Crippen molar-refractivity contribution in [3.8, 4) is 11.3 Å². The molecule has 0 radical (unpaired) electrons. The van der Waals surface area contributed by atoms with Gasteiger partial charge in [-0.05, 0) is 48.7 Å². The van der Waals surface area contributed by atoms with Gasteiger partial charge in [-0.2, -0.15) is 0 Å². The van der Waals surface area contributed by atoms with Crippen molar-refractivity contribution in [1.82, 2.24) is 4.98 Å². The van der Waals surface area contributed by atoms with E-state index >= 15 is 0 Å². The summed E-state index contributed by atoms with van der Waals surface area (Å²) >= 11 is 1.78. The second-order valence-corrected chi connectivity index (χ2v) is 7.85. The zero-order valence-electron chi connectivity index (χ0n) is 15.0. The first-order valence-electron chi connectivity index (χ1n) is 9.11. The fourth-order valence-electron chi connectivity index (χ4n) is 3.33. The van der Waals surface area contributed by atoms with Gasteiger partial charge in [-0.1, -0.05) is 0 Å². The lowest BCUT2D eigenvalue weighted by molar-refractivity contribution is 0.145. The van der Waals surface area contributed by atoms with Crippen LogP contribution in [0.5, 0.6) is 0 Å². The van der Waals surface area contributed by atoms with Gasteiger partial charge in [-0.15, -0.1) is 11.3 Å². The summed E-state index contributed by atoms with van der Waals surface area (Å²) in [5.74, 6) is 0.653. The molecule has 0 amide bonds. The number of piperidine rings is 1. The largest absolute Gasteiger partial charge is 0.444 e. The van der Waals surface area contributed by atoms with Gasteiger partial charge < -0.3 is 24.8 Å². The molecular weight excluding hydrogens is 362 g/mol. The van der Waals surface area contributed by atoms with Crippen LogP contribution in [0.15, 0.2) is 47.3 Å². The van der Waals surface area contributed by atoms with Gasteiger partial charge >= 0.3 is 0 Å². The molecule has 2 aromatic heterocycles. The molecule has 0 saturated carbocycles. The number of rotatable bonds is 6. The second kappa shape index (κ2) is 8.12. The summed E-state index contributed by atoms with van der Waals surface area (Å²) in [6.45, 7) is 2.50. The molecule has 1 fully saturated rings. The number of anilines is 2. The molecule has 3 aromatic rings. The Labute approximate surface area is 162 Å². The van der Waals surface area contributed by atoms with E-state index in [1.165, 1.54) is 16.3 Å². The molecule has 142 valence electrons. The molecule has 0 atom stereocenters. The van der Waals surface area contributed by atoms with Crippen molar-refractivity contribution in [1.29, 1.82) is 0 Å². The van der Waals surface area contributed by atoms with Crippen LogP contribution in [-0.2, 0) is 13.2 Å². The van der Waals surface area contributed by atoms with Crippen molar-refractivity contribution in [2.24, 2.45) is 0 Å². The highest BCUT2D eigenvalue weighted by atomic mass is 32.1. The highest BCUT2D eigenvalue weighted by Gasteiger charge is 2.18. The maximum Gasteiger partial charge on any atom is 0.181 e. The van der Waals surface area contributed by atoms with Crippen LogP contribution in [0.3, 0.4) is 0 Å². The Hall–Kier alpha value is -2.35. The van der Waals surface area contributed by atoms with E-state index in [4.69, 9.17) is 4.42 Å². The number of aliphatic hydroxyl groups excluding tert-OH is 2. The average Bonchev–Trinajstić information content (AvgIpc) is 3.39. The Kier molecular flexibility index (Phi) is 5.42. The van der Waals surface area contributed by atoms with Crippen LogP contribution >= 0.6 is 11.3 Å². The lowest BCUT2D eigenvalue weighted by atomic mass is 10.1. The predicted octanol–water partition coefficient (Wildman–Crippen LogP) is 3.47. The molecule has 27 heavy (non-hydrogen) atoms. The minimum atomic E-state index is -0.150. The third-order valence-corrected chi connectivity index (χ3v) is 6.01. The van der Waals surface area contributed by atoms with Crippen LogP contribution in [0.2, 0.25) is 0 Å². The van der Waals surface area contributed by atoms with E-state index in [2.05, 4.69) is 27.3 Å². The third-order valence-electron chi connectivity index (χ3n) is 4.86. The number of thiophene rings is 1. The molecule has 0 spiro atoms. The summed E-state index contributed by atoms with van der Waals surface area (Å²) in [5, 5.41) is 24.0. The van der Waals surface area contributed by atoms with Crippen molar-refractivity contribution < 1.29 is 14.6 Å². The topological polar surface area (TPSA) is 81.8 Å². The molecule has 0 unspecified atom stereocenters. The summed E-state index contributed by atoms with van der Waals surface area (Å²) in [5.41, 5.74) is 2.61. The molecule has 1 aromatic carbocycles. The van der Waals surface area contributed by atoms with E-state index < -0.39 is 0 Å². The van der Waals surface area contributed by atoms with Crippen molar-refractivity contribution >= 4 is 22.0 Å². The monoisotopic (exact) mass is 385 g/mol. The number of nitrogens with one attached hydrogen (secondary N) is 1. The Morgan fingerprint density at radius 2 is 2.07 bits per heavy atom. The van der Waals surface area contributed by atoms with Crippen LogP contribution in [0.4, 0.5) is 10.7 Å². The fraction of sp³-hybridized carbons (Fsp3) is 0.350. The zero-order valence-corrected chi connectivity index (χ0v) is 15.8. The Balaban J connectivity index is 1.40. The fourth-order valence-corrected chi connectivity index (χ4v) is 4.33. The summed E-state index contributed by atoms with van der Waals surface area (Å²) < 4.78 is 5.34. The van der Waals surface area contributed by atoms with E-state index in [-0.39, 0.29) is 12.7 Å². The Morgan fingerprint density at radius 3 is 2.81 bits per heavy atom. The van der Waals surface area contributed by atoms with Gasteiger partial charge in [0.2, 0.25) is 0 Å². The molecule has 7 heteroatoms. The van der Waals surface area contributed by atoms with Crippen LogP contribution in [0.25, 0.3) is 11.3 Å². The maximum atomic E-state index is 9.68. The minimum Gasteiger partial charge on any atom is -0.444 e. The third kappa shape index (κ3) is 4.16. The Morgan fingerprint density at radius 1 is 1.22 bits per heavy atom. The van der Waals surface area contributed by atoms with Gasteiger partial charge in [-0.25, -0.2) is 4.98 Å². The first kappa shape index (κ1) is 18.0. The van der Waals surface area contributed by atoms with Crippen molar-refractivity contribution in [2.75, 3.05) is 23.3 Å². The maximum absolute atomic E-state index is 9.68. The van der Waals surface area contributed by atoms with Crippen molar-refractivity contribution in [3.05, 3.63) is 53.4 Å². The van der Waals surface area contributed by atoms with Crippen LogP contribution < -0.4 is 10.2 Å². The highest BCUT2D eigenvalue weighted by molar-refractivity contribution is 7.16. The molecule has 1 aliphatic rings. The number of aliphatic hydroxyl groups is 2. The first-order valence-corrected chi connectivity index (χ1v) is 9.93. The first-order chi connectivity index (χ1) is 13.2. The van der Waals surface area contributed by atoms with Crippen LogP contribution in [0, 0.1) is 0 Å². The molecule has 3 N–H and O–H groups in total. The lowest BCUT2D eigenvalue weighted by Gasteiger charge is -2.30. The van der Waals surface area contributed by atoms with E-state index in [1.807, 2.05) is 18.2 Å². The van der Waals surface area contributed by atoms with E-state index in [1.54, 1.807) is 17.5 Å². The minimum absolute atomic E-state index is 0.0600. The standard InChI is InChI=1S/C20H23N3O3S/c24-12-14-9-15(1-3-18(14)19-11-21-13-26-19)22-10-17-2-4-20(27-17)23-7-5-16(25)6-8-23/h1-4,9,11,13,16,22,24-25H,5-8,10,12H2. The van der Waals surface area contributed by atoms with Gasteiger partial charge in [0.1, 0.15) is 0 Å².